The van der Waals surface area contributed by atoms with Crippen molar-refractivity contribution in [1.82, 2.24) is 15.0 Å². The van der Waals surface area contributed by atoms with Gasteiger partial charge in [0.15, 0.2) is 0 Å². The highest BCUT2D eigenvalue weighted by Gasteiger charge is 2.11. The van der Waals surface area contributed by atoms with E-state index in [-0.39, 0.29) is 0 Å². The first kappa shape index (κ1) is 10.6. The number of fused-ring (bicyclic) bond motifs is 1. The number of pyridine rings is 2. The summed E-state index contributed by atoms with van der Waals surface area (Å²) in [5.74, 6) is 0. The van der Waals surface area contributed by atoms with Gasteiger partial charge in [0.25, 0.3) is 0 Å². The van der Waals surface area contributed by atoms with E-state index in [9.17, 15) is 0 Å². The lowest BCUT2D eigenvalue weighted by Crippen LogP contribution is -1.82. The molecule has 84 valence electrons. The molecule has 3 aromatic rings. The summed E-state index contributed by atoms with van der Waals surface area (Å²) in [5, 5.41) is 1.42. The van der Waals surface area contributed by atoms with Crippen molar-refractivity contribution >= 4 is 33.3 Å². The van der Waals surface area contributed by atoms with E-state index in [1.807, 2.05) is 31.3 Å². The molecule has 5 heteroatoms. The summed E-state index contributed by atoms with van der Waals surface area (Å²) in [4.78, 5) is 14.0. The Morgan fingerprint density at radius 3 is 3.00 bits per heavy atom. The maximum atomic E-state index is 6.10. The van der Waals surface area contributed by atoms with Gasteiger partial charge in [0.05, 0.1) is 5.02 Å². The molecule has 0 saturated heterocycles. The first-order valence-corrected chi connectivity index (χ1v) is 6.27. The van der Waals surface area contributed by atoms with Crippen molar-refractivity contribution in [3.05, 3.63) is 41.2 Å². The highest BCUT2D eigenvalue weighted by molar-refractivity contribution is 7.21. The van der Waals surface area contributed by atoms with Crippen LogP contribution in [0.1, 0.15) is 5.56 Å². The van der Waals surface area contributed by atoms with E-state index >= 15 is 0 Å². The lowest BCUT2D eigenvalue weighted by atomic mass is 10.3. The van der Waals surface area contributed by atoms with Gasteiger partial charge in [0, 0.05) is 12.4 Å². The van der Waals surface area contributed by atoms with Crippen molar-refractivity contribution in [3.63, 3.8) is 0 Å². The molecular formula is C12H8ClN3S. The van der Waals surface area contributed by atoms with Crippen molar-refractivity contribution in [2.75, 3.05) is 0 Å². The summed E-state index contributed by atoms with van der Waals surface area (Å²) in [5.41, 5.74) is 2.71. The fourth-order valence-corrected chi connectivity index (χ4v) is 2.74. The highest BCUT2D eigenvalue weighted by atomic mass is 35.5. The van der Waals surface area contributed by atoms with E-state index in [0.717, 1.165) is 26.6 Å². The molecule has 0 spiro atoms. The van der Waals surface area contributed by atoms with Crippen LogP contribution >= 0.6 is 22.9 Å². The molecule has 0 atom stereocenters. The lowest BCUT2D eigenvalue weighted by Gasteiger charge is -1.96. The zero-order valence-electron chi connectivity index (χ0n) is 9.01. The predicted molar refractivity (Wildman–Crippen MR) is 70.4 cm³/mol. The van der Waals surface area contributed by atoms with Crippen LogP contribution in [0, 0.1) is 6.92 Å². The normalized spacial score (nSPS) is 10.9. The molecule has 3 aromatic heterocycles. The van der Waals surface area contributed by atoms with E-state index in [1.54, 1.807) is 6.20 Å². The minimum absolute atomic E-state index is 0.614. The topological polar surface area (TPSA) is 38.7 Å². The van der Waals surface area contributed by atoms with Crippen LogP contribution in [0.2, 0.25) is 5.02 Å². The number of rotatable bonds is 1. The van der Waals surface area contributed by atoms with Crippen LogP contribution in [0.3, 0.4) is 0 Å². The van der Waals surface area contributed by atoms with Gasteiger partial charge in [-0.2, -0.15) is 0 Å². The average molecular weight is 262 g/mol. The molecule has 0 radical (unpaired) electrons. The van der Waals surface area contributed by atoms with Gasteiger partial charge in [-0.15, -0.1) is 0 Å². The van der Waals surface area contributed by atoms with Crippen LogP contribution in [0.15, 0.2) is 30.6 Å². The fourth-order valence-electron chi connectivity index (χ4n) is 1.57. The zero-order valence-corrected chi connectivity index (χ0v) is 10.6. The Morgan fingerprint density at radius 2 is 2.18 bits per heavy atom. The first-order chi connectivity index (χ1) is 8.24. The Balaban J connectivity index is 2.22. The van der Waals surface area contributed by atoms with Crippen molar-refractivity contribution in [2.24, 2.45) is 0 Å². The van der Waals surface area contributed by atoms with E-state index < -0.39 is 0 Å². The van der Waals surface area contributed by atoms with Gasteiger partial charge in [-0.1, -0.05) is 22.9 Å². The molecule has 3 heterocycles. The van der Waals surface area contributed by atoms with Crippen LogP contribution in [0.5, 0.6) is 0 Å². The molecule has 0 amide bonds. The molecule has 0 aliphatic carbocycles. The maximum Gasteiger partial charge on any atom is 0.146 e. The van der Waals surface area contributed by atoms with Gasteiger partial charge in [0.1, 0.15) is 21.0 Å². The van der Waals surface area contributed by atoms with Crippen LogP contribution in [-0.4, -0.2) is 15.0 Å². The minimum Gasteiger partial charge on any atom is -0.252 e. The molecule has 0 bridgehead atoms. The third kappa shape index (κ3) is 1.90. The second-order valence-corrected chi connectivity index (χ2v) is 5.07. The average Bonchev–Trinajstić information content (AvgIpc) is 2.72. The fraction of sp³-hybridized carbons (Fsp3) is 0.0833. The summed E-state index contributed by atoms with van der Waals surface area (Å²) in [6.07, 6.45) is 3.55. The number of hydrogen-bond donors (Lipinski definition) is 0. The van der Waals surface area contributed by atoms with E-state index in [4.69, 9.17) is 11.6 Å². The number of nitrogens with zero attached hydrogens (tertiary/aromatic N) is 3. The Morgan fingerprint density at radius 1 is 1.29 bits per heavy atom. The van der Waals surface area contributed by atoms with E-state index in [2.05, 4.69) is 15.0 Å². The van der Waals surface area contributed by atoms with Crippen molar-refractivity contribution in [2.45, 2.75) is 6.92 Å². The van der Waals surface area contributed by atoms with E-state index in [0.29, 0.717) is 5.02 Å². The largest absolute Gasteiger partial charge is 0.252 e. The second kappa shape index (κ2) is 4.05. The Hall–Kier alpha value is -1.52. The van der Waals surface area contributed by atoms with Gasteiger partial charge in [-0.25, -0.2) is 9.97 Å². The second-order valence-electron chi connectivity index (χ2n) is 3.69. The Kier molecular flexibility index (Phi) is 2.53. The standard InChI is InChI=1S/C12H8ClN3S/c1-7-5-9-11(15-6-7)17-12(16-9)10-8(13)3-2-4-14-10/h2-6H,1H3. The Bertz CT molecular complexity index is 693. The molecule has 0 aliphatic rings. The third-order valence-electron chi connectivity index (χ3n) is 2.35. The molecule has 0 unspecified atom stereocenters. The van der Waals surface area contributed by atoms with Crippen molar-refractivity contribution < 1.29 is 0 Å². The summed E-state index contributed by atoms with van der Waals surface area (Å²) in [6.45, 7) is 2.00. The summed E-state index contributed by atoms with van der Waals surface area (Å²) >= 11 is 7.61. The van der Waals surface area contributed by atoms with Gasteiger partial charge >= 0.3 is 0 Å². The number of aromatic nitrogens is 3. The van der Waals surface area contributed by atoms with Crippen LogP contribution in [0.25, 0.3) is 21.0 Å². The monoisotopic (exact) mass is 261 g/mol. The van der Waals surface area contributed by atoms with Crippen molar-refractivity contribution in [1.29, 1.82) is 0 Å². The molecule has 3 rings (SSSR count). The molecule has 0 aliphatic heterocycles. The van der Waals surface area contributed by atoms with Crippen LogP contribution in [0.4, 0.5) is 0 Å². The SMILES string of the molecule is Cc1cnc2sc(-c3ncccc3Cl)nc2c1. The molecule has 0 fully saturated rings. The number of aryl methyl sites for hydroxylation is 1. The molecule has 0 saturated carbocycles. The summed E-state index contributed by atoms with van der Waals surface area (Å²) in [7, 11) is 0. The van der Waals surface area contributed by atoms with Crippen LogP contribution in [-0.2, 0) is 0 Å². The number of halogens is 1. The zero-order chi connectivity index (χ0) is 11.8. The quantitative estimate of drug-likeness (QED) is 0.670. The minimum atomic E-state index is 0.614. The smallest absolute Gasteiger partial charge is 0.146 e. The Labute approximate surface area is 107 Å². The summed E-state index contributed by atoms with van der Waals surface area (Å²) in [6, 6.07) is 5.63. The van der Waals surface area contributed by atoms with Crippen LogP contribution < -0.4 is 0 Å². The molecule has 0 N–H and O–H groups in total. The molecular weight excluding hydrogens is 254 g/mol. The highest BCUT2D eigenvalue weighted by Crippen LogP contribution is 2.31. The number of hydrogen-bond acceptors (Lipinski definition) is 4. The van der Waals surface area contributed by atoms with Crippen molar-refractivity contribution in [3.8, 4) is 10.7 Å². The van der Waals surface area contributed by atoms with Gasteiger partial charge in [0.2, 0.25) is 0 Å². The van der Waals surface area contributed by atoms with Gasteiger partial charge < -0.3 is 0 Å². The number of thiazole rings is 1. The van der Waals surface area contributed by atoms with E-state index in [1.165, 1.54) is 11.3 Å². The molecule has 3 nitrogen and oxygen atoms in total. The lowest BCUT2D eigenvalue weighted by molar-refractivity contribution is 1.30. The summed E-state index contributed by atoms with van der Waals surface area (Å²) < 4.78 is 0. The molecule has 0 aromatic carbocycles. The van der Waals surface area contributed by atoms with Gasteiger partial charge in [-0.05, 0) is 30.7 Å². The first-order valence-electron chi connectivity index (χ1n) is 5.08. The molecule has 17 heavy (non-hydrogen) atoms. The van der Waals surface area contributed by atoms with Gasteiger partial charge in [-0.3, -0.25) is 4.98 Å². The third-order valence-corrected chi connectivity index (χ3v) is 3.64. The predicted octanol–water partition coefficient (Wildman–Crippen LogP) is 3.72. The maximum absolute atomic E-state index is 6.10.